The van der Waals surface area contributed by atoms with Crippen LogP contribution in [0.15, 0.2) is 53.0 Å². The zero-order valence-corrected chi connectivity index (χ0v) is 13.2. The molecular weight excluding hydrogens is 300 g/mol. The first-order valence-corrected chi connectivity index (χ1v) is 7.23. The van der Waals surface area contributed by atoms with Crippen LogP contribution in [0.5, 0.6) is 5.75 Å². The van der Waals surface area contributed by atoms with Crippen molar-refractivity contribution in [1.82, 2.24) is 0 Å². The fourth-order valence-corrected chi connectivity index (χ4v) is 2.38. The molecule has 2 rings (SSSR count). The van der Waals surface area contributed by atoms with Crippen LogP contribution in [-0.2, 0) is 12.0 Å². The topological polar surface area (TPSA) is 9.23 Å². The Labute approximate surface area is 123 Å². The Balaban J connectivity index is 2.19. The number of ether oxygens (including phenoxy) is 1. The van der Waals surface area contributed by atoms with Crippen molar-refractivity contribution in [2.75, 3.05) is 0 Å². The van der Waals surface area contributed by atoms with Crippen LogP contribution < -0.4 is 4.74 Å². The molecule has 0 aliphatic rings. The fourth-order valence-electron chi connectivity index (χ4n) is 1.98. The number of hydrogen-bond acceptors (Lipinski definition) is 1. The number of halogens is 1. The second-order valence-corrected chi connectivity index (χ2v) is 6.48. The van der Waals surface area contributed by atoms with Gasteiger partial charge in [-0.15, -0.1) is 0 Å². The third-order valence-corrected chi connectivity index (χ3v) is 3.81. The lowest BCUT2D eigenvalue weighted by molar-refractivity contribution is 0.297. The zero-order valence-electron chi connectivity index (χ0n) is 11.6. The van der Waals surface area contributed by atoms with Crippen LogP contribution in [0.1, 0.15) is 31.9 Å². The van der Waals surface area contributed by atoms with E-state index in [4.69, 9.17) is 4.74 Å². The maximum atomic E-state index is 6.00. The molecule has 2 heteroatoms. The summed E-state index contributed by atoms with van der Waals surface area (Å²) in [5.74, 6) is 0.964. The highest BCUT2D eigenvalue weighted by atomic mass is 79.9. The van der Waals surface area contributed by atoms with Gasteiger partial charge in [0.25, 0.3) is 0 Å². The molecule has 0 N–H and O–H groups in total. The van der Waals surface area contributed by atoms with Gasteiger partial charge in [0.2, 0.25) is 0 Å². The van der Waals surface area contributed by atoms with E-state index in [2.05, 4.69) is 54.9 Å². The number of para-hydroxylation sites is 1. The van der Waals surface area contributed by atoms with E-state index in [-0.39, 0.29) is 5.41 Å². The van der Waals surface area contributed by atoms with E-state index in [0.717, 1.165) is 15.8 Å². The van der Waals surface area contributed by atoms with Gasteiger partial charge in [0.1, 0.15) is 12.4 Å². The maximum absolute atomic E-state index is 6.00. The van der Waals surface area contributed by atoms with Crippen LogP contribution in [0.3, 0.4) is 0 Å². The molecular formula is C17H19BrO. The lowest BCUT2D eigenvalue weighted by atomic mass is 9.86. The molecule has 0 heterocycles. The first-order chi connectivity index (χ1) is 8.98. The molecule has 0 unspecified atom stereocenters. The smallest absolute Gasteiger partial charge is 0.123 e. The van der Waals surface area contributed by atoms with E-state index in [1.165, 1.54) is 5.56 Å². The van der Waals surface area contributed by atoms with E-state index < -0.39 is 0 Å². The van der Waals surface area contributed by atoms with E-state index in [1.807, 2.05) is 30.3 Å². The van der Waals surface area contributed by atoms with Crippen molar-refractivity contribution in [3.63, 3.8) is 0 Å². The molecule has 0 spiro atoms. The highest BCUT2D eigenvalue weighted by Crippen LogP contribution is 2.31. The lowest BCUT2D eigenvalue weighted by Gasteiger charge is -2.22. The van der Waals surface area contributed by atoms with Gasteiger partial charge in [0, 0.05) is 10.0 Å². The average molecular weight is 319 g/mol. The Morgan fingerprint density at radius 3 is 2.26 bits per heavy atom. The third-order valence-electron chi connectivity index (χ3n) is 3.04. The number of benzene rings is 2. The Morgan fingerprint density at radius 2 is 1.58 bits per heavy atom. The lowest BCUT2D eigenvalue weighted by Crippen LogP contribution is -2.13. The molecule has 0 amide bonds. The van der Waals surface area contributed by atoms with Gasteiger partial charge in [-0.25, -0.2) is 0 Å². The van der Waals surface area contributed by atoms with Gasteiger partial charge in [-0.3, -0.25) is 0 Å². The number of hydrogen-bond donors (Lipinski definition) is 0. The second-order valence-electron chi connectivity index (χ2n) is 5.63. The Hall–Kier alpha value is -1.28. The normalized spacial score (nSPS) is 11.4. The van der Waals surface area contributed by atoms with Gasteiger partial charge in [-0.05, 0) is 23.1 Å². The molecule has 1 nitrogen and oxygen atoms in total. The second kappa shape index (κ2) is 5.79. The van der Waals surface area contributed by atoms with Crippen LogP contribution in [0, 0.1) is 0 Å². The summed E-state index contributed by atoms with van der Waals surface area (Å²) in [7, 11) is 0. The van der Waals surface area contributed by atoms with Crippen molar-refractivity contribution in [1.29, 1.82) is 0 Å². The van der Waals surface area contributed by atoms with Crippen molar-refractivity contribution in [3.8, 4) is 5.75 Å². The van der Waals surface area contributed by atoms with Gasteiger partial charge >= 0.3 is 0 Å². The third kappa shape index (κ3) is 3.60. The van der Waals surface area contributed by atoms with Crippen LogP contribution in [-0.4, -0.2) is 0 Å². The summed E-state index contributed by atoms with van der Waals surface area (Å²) < 4.78 is 7.09. The maximum Gasteiger partial charge on any atom is 0.123 e. The minimum atomic E-state index is 0.0878. The van der Waals surface area contributed by atoms with Crippen LogP contribution in [0.4, 0.5) is 0 Å². The molecule has 0 atom stereocenters. The fraction of sp³-hybridized carbons (Fsp3) is 0.294. The molecule has 0 aliphatic carbocycles. The number of rotatable bonds is 3. The molecule has 0 bridgehead atoms. The van der Waals surface area contributed by atoms with Crippen molar-refractivity contribution < 1.29 is 4.74 Å². The van der Waals surface area contributed by atoms with Crippen molar-refractivity contribution in [2.45, 2.75) is 32.8 Å². The van der Waals surface area contributed by atoms with E-state index in [0.29, 0.717) is 6.61 Å². The summed E-state index contributed by atoms with van der Waals surface area (Å²) in [5.41, 5.74) is 2.48. The molecule has 2 aromatic rings. The van der Waals surface area contributed by atoms with Gasteiger partial charge in [0.05, 0.1) is 0 Å². The predicted octanol–water partition coefficient (Wildman–Crippen LogP) is 5.33. The van der Waals surface area contributed by atoms with Crippen LogP contribution in [0.2, 0.25) is 0 Å². The SMILES string of the molecule is CC(C)(C)c1ccccc1OCc1ccccc1Br. The van der Waals surface area contributed by atoms with Gasteiger partial charge in [-0.2, -0.15) is 0 Å². The molecule has 2 aromatic carbocycles. The summed E-state index contributed by atoms with van der Waals surface area (Å²) >= 11 is 3.55. The van der Waals surface area contributed by atoms with Gasteiger partial charge in [0.15, 0.2) is 0 Å². The van der Waals surface area contributed by atoms with E-state index in [9.17, 15) is 0 Å². The van der Waals surface area contributed by atoms with Crippen molar-refractivity contribution in [2.24, 2.45) is 0 Å². The minimum Gasteiger partial charge on any atom is -0.489 e. The molecule has 0 radical (unpaired) electrons. The zero-order chi connectivity index (χ0) is 13.9. The molecule has 100 valence electrons. The van der Waals surface area contributed by atoms with Crippen LogP contribution >= 0.6 is 15.9 Å². The summed E-state index contributed by atoms with van der Waals surface area (Å²) in [6.45, 7) is 7.18. The highest BCUT2D eigenvalue weighted by molar-refractivity contribution is 9.10. The van der Waals surface area contributed by atoms with Crippen molar-refractivity contribution in [3.05, 3.63) is 64.1 Å². The summed E-state index contributed by atoms with van der Waals surface area (Å²) in [4.78, 5) is 0. The Kier molecular flexibility index (Phi) is 4.31. The monoisotopic (exact) mass is 318 g/mol. The van der Waals surface area contributed by atoms with Gasteiger partial charge < -0.3 is 4.74 Å². The standard InChI is InChI=1S/C17H19BrO/c1-17(2,3)14-9-5-7-11-16(14)19-12-13-8-4-6-10-15(13)18/h4-11H,12H2,1-3H3. The van der Waals surface area contributed by atoms with Crippen molar-refractivity contribution >= 4 is 15.9 Å². The first kappa shape index (κ1) is 14.1. The quantitative estimate of drug-likeness (QED) is 0.743. The summed E-state index contributed by atoms with van der Waals surface area (Å²) in [5, 5.41) is 0. The van der Waals surface area contributed by atoms with E-state index in [1.54, 1.807) is 0 Å². The van der Waals surface area contributed by atoms with E-state index >= 15 is 0 Å². The van der Waals surface area contributed by atoms with Gasteiger partial charge in [-0.1, -0.05) is 73.1 Å². The molecule has 0 fully saturated rings. The summed E-state index contributed by atoms with van der Waals surface area (Å²) in [6, 6.07) is 16.4. The highest BCUT2D eigenvalue weighted by Gasteiger charge is 2.18. The average Bonchev–Trinajstić information content (AvgIpc) is 2.37. The molecule has 0 saturated heterocycles. The predicted molar refractivity (Wildman–Crippen MR) is 83.6 cm³/mol. The molecule has 19 heavy (non-hydrogen) atoms. The molecule has 0 aliphatic heterocycles. The Morgan fingerprint density at radius 1 is 0.947 bits per heavy atom. The molecule has 0 saturated carbocycles. The minimum absolute atomic E-state index is 0.0878. The Bertz CT molecular complexity index is 555. The summed E-state index contributed by atoms with van der Waals surface area (Å²) in [6.07, 6.45) is 0. The van der Waals surface area contributed by atoms with Crippen LogP contribution in [0.25, 0.3) is 0 Å². The first-order valence-electron chi connectivity index (χ1n) is 6.44. The molecule has 0 aromatic heterocycles. The largest absolute Gasteiger partial charge is 0.489 e.